The van der Waals surface area contributed by atoms with E-state index in [4.69, 9.17) is 4.74 Å². The van der Waals surface area contributed by atoms with Crippen LogP contribution < -0.4 is 0 Å². The molecule has 0 bridgehead atoms. The summed E-state index contributed by atoms with van der Waals surface area (Å²) in [7, 11) is 0. The second-order valence-corrected chi connectivity index (χ2v) is 6.87. The summed E-state index contributed by atoms with van der Waals surface area (Å²) in [4.78, 5) is 14.3. The van der Waals surface area contributed by atoms with Gasteiger partial charge < -0.3 is 9.64 Å². The second kappa shape index (κ2) is 3.63. The number of hydrogen-bond acceptors (Lipinski definition) is 2. The summed E-state index contributed by atoms with van der Waals surface area (Å²) in [6.07, 6.45) is 6.30. The monoisotopic (exact) mass is 237 g/mol. The summed E-state index contributed by atoms with van der Waals surface area (Å²) in [5, 5.41) is 0. The molecule has 0 aromatic heterocycles. The van der Waals surface area contributed by atoms with Crippen LogP contribution in [0.3, 0.4) is 0 Å². The zero-order valence-corrected chi connectivity index (χ0v) is 11.1. The molecule has 3 nitrogen and oxygen atoms in total. The van der Waals surface area contributed by atoms with Crippen molar-refractivity contribution < 1.29 is 9.53 Å². The van der Waals surface area contributed by atoms with Crippen LogP contribution in [0.15, 0.2) is 0 Å². The van der Waals surface area contributed by atoms with Crippen molar-refractivity contribution in [1.82, 2.24) is 4.90 Å². The normalized spacial score (nSPS) is 39.6. The Morgan fingerprint density at radius 2 is 1.82 bits per heavy atom. The highest BCUT2D eigenvalue weighted by Gasteiger charge is 2.60. The SMILES string of the molecule is CC(C)(C)OC(=O)N1[C@H]2CCCC[C@H]2[C@@H]2C[C@@H]21. The highest BCUT2D eigenvalue weighted by molar-refractivity contribution is 5.70. The zero-order valence-electron chi connectivity index (χ0n) is 11.1. The molecular weight excluding hydrogens is 214 g/mol. The Bertz CT molecular complexity index is 334. The Morgan fingerprint density at radius 3 is 2.53 bits per heavy atom. The van der Waals surface area contributed by atoms with E-state index in [0.29, 0.717) is 12.1 Å². The third-order valence-electron chi connectivity index (χ3n) is 4.46. The molecule has 17 heavy (non-hydrogen) atoms. The lowest BCUT2D eigenvalue weighted by Gasteiger charge is -2.35. The van der Waals surface area contributed by atoms with Crippen LogP contribution in [0.25, 0.3) is 0 Å². The molecule has 96 valence electrons. The van der Waals surface area contributed by atoms with Crippen molar-refractivity contribution in [3.05, 3.63) is 0 Å². The van der Waals surface area contributed by atoms with Crippen molar-refractivity contribution in [3.8, 4) is 0 Å². The number of nitrogens with zero attached hydrogens (tertiary/aromatic N) is 1. The maximum atomic E-state index is 12.3. The van der Waals surface area contributed by atoms with Gasteiger partial charge in [-0.1, -0.05) is 12.8 Å². The lowest BCUT2D eigenvalue weighted by Crippen LogP contribution is -2.45. The summed E-state index contributed by atoms with van der Waals surface area (Å²) in [5.74, 6) is 1.58. The molecule has 3 heteroatoms. The number of carbonyl (C=O) groups is 1. The van der Waals surface area contributed by atoms with Gasteiger partial charge in [-0.3, -0.25) is 0 Å². The van der Waals surface area contributed by atoms with E-state index in [1.807, 2.05) is 20.8 Å². The van der Waals surface area contributed by atoms with E-state index in [0.717, 1.165) is 11.8 Å². The Kier molecular flexibility index (Phi) is 2.43. The van der Waals surface area contributed by atoms with E-state index in [1.54, 1.807) is 0 Å². The van der Waals surface area contributed by atoms with Crippen molar-refractivity contribution >= 4 is 6.09 Å². The van der Waals surface area contributed by atoms with Crippen LogP contribution in [0.2, 0.25) is 0 Å². The van der Waals surface area contributed by atoms with Crippen LogP contribution in [0.1, 0.15) is 52.9 Å². The number of amides is 1. The van der Waals surface area contributed by atoms with Crippen molar-refractivity contribution in [2.24, 2.45) is 11.8 Å². The zero-order chi connectivity index (χ0) is 12.2. The predicted octanol–water partition coefficient (Wildman–Crippen LogP) is 3.18. The highest BCUT2D eigenvalue weighted by atomic mass is 16.6. The van der Waals surface area contributed by atoms with Gasteiger partial charge in [0.25, 0.3) is 0 Å². The minimum atomic E-state index is -0.367. The molecule has 3 aliphatic rings. The molecule has 1 heterocycles. The molecule has 0 aromatic carbocycles. The van der Waals surface area contributed by atoms with Gasteiger partial charge in [-0.15, -0.1) is 0 Å². The molecule has 2 saturated carbocycles. The Balaban J connectivity index is 1.72. The molecule has 3 rings (SSSR count). The van der Waals surface area contributed by atoms with Crippen LogP contribution in [-0.2, 0) is 4.74 Å². The lowest BCUT2D eigenvalue weighted by molar-refractivity contribution is 0.0121. The first-order chi connectivity index (χ1) is 7.97. The summed E-state index contributed by atoms with van der Waals surface area (Å²) in [6.45, 7) is 5.84. The maximum absolute atomic E-state index is 12.3. The van der Waals surface area contributed by atoms with E-state index >= 15 is 0 Å². The van der Waals surface area contributed by atoms with Gasteiger partial charge in [0.05, 0.1) is 0 Å². The molecule has 0 unspecified atom stereocenters. The predicted molar refractivity (Wildman–Crippen MR) is 65.7 cm³/mol. The fourth-order valence-corrected chi connectivity index (χ4v) is 3.80. The largest absolute Gasteiger partial charge is 0.444 e. The smallest absolute Gasteiger partial charge is 0.410 e. The lowest BCUT2D eigenvalue weighted by atomic mass is 9.83. The molecule has 1 amide bonds. The Morgan fingerprint density at radius 1 is 1.12 bits per heavy atom. The summed E-state index contributed by atoms with van der Waals surface area (Å²) < 4.78 is 5.55. The Labute approximate surface area is 104 Å². The number of ether oxygens (including phenoxy) is 1. The van der Waals surface area contributed by atoms with Gasteiger partial charge in [0.1, 0.15) is 5.60 Å². The van der Waals surface area contributed by atoms with Gasteiger partial charge in [-0.05, 0) is 51.9 Å². The molecule has 0 spiro atoms. The van der Waals surface area contributed by atoms with Gasteiger partial charge >= 0.3 is 6.09 Å². The molecule has 0 N–H and O–H groups in total. The number of fused-ring (bicyclic) bond motifs is 3. The van der Waals surface area contributed by atoms with Crippen LogP contribution in [0, 0.1) is 11.8 Å². The molecular formula is C14H23NO2. The molecule has 4 atom stereocenters. The van der Waals surface area contributed by atoms with Crippen molar-refractivity contribution in [3.63, 3.8) is 0 Å². The van der Waals surface area contributed by atoms with Gasteiger partial charge in [0, 0.05) is 12.1 Å². The summed E-state index contributed by atoms with van der Waals surface area (Å²) >= 11 is 0. The number of carbonyl (C=O) groups excluding carboxylic acids is 1. The fourth-order valence-electron chi connectivity index (χ4n) is 3.80. The third-order valence-corrected chi connectivity index (χ3v) is 4.46. The first kappa shape index (κ1) is 11.4. The van der Waals surface area contributed by atoms with Crippen molar-refractivity contribution in [2.45, 2.75) is 70.6 Å². The number of piperidine rings is 1. The molecule has 0 aromatic rings. The molecule has 3 fully saturated rings. The van der Waals surface area contributed by atoms with Crippen molar-refractivity contribution in [2.75, 3.05) is 0 Å². The number of rotatable bonds is 0. The first-order valence-electron chi connectivity index (χ1n) is 6.99. The molecule has 0 radical (unpaired) electrons. The van der Waals surface area contributed by atoms with E-state index < -0.39 is 0 Å². The molecule has 1 aliphatic heterocycles. The van der Waals surface area contributed by atoms with Gasteiger partial charge in [-0.2, -0.15) is 0 Å². The minimum absolute atomic E-state index is 0.0700. The van der Waals surface area contributed by atoms with Crippen LogP contribution in [-0.4, -0.2) is 28.7 Å². The molecule has 2 aliphatic carbocycles. The second-order valence-electron chi connectivity index (χ2n) is 6.87. The topological polar surface area (TPSA) is 29.5 Å². The average molecular weight is 237 g/mol. The molecule has 1 saturated heterocycles. The van der Waals surface area contributed by atoms with Gasteiger partial charge in [0.15, 0.2) is 0 Å². The van der Waals surface area contributed by atoms with E-state index in [1.165, 1.54) is 32.1 Å². The average Bonchev–Trinajstić information content (AvgIpc) is 2.91. The van der Waals surface area contributed by atoms with Crippen LogP contribution in [0.5, 0.6) is 0 Å². The third kappa shape index (κ3) is 1.94. The first-order valence-corrected chi connectivity index (χ1v) is 6.99. The highest BCUT2D eigenvalue weighted by Crippen LogP contribution is 2.56. The maximum Gasteiger partial charge on any atom is 0.410 e. The van der Waals surface area contributed by atoms with Gasteiger partial charge in [0.2, 0.25) is 0 Å². The Hall–Kier alpha value is -0.730. The standard InChI is InChI=1S/C14H23NO2/c1-14(2,3)17-13(16)15-11-7-5-4-6-9(11)10-8-12(10)15/h9-12H,4-8H2,1-3H3/t9-,10-,11-,12-/m0/s1. The fraction of sp³-hybridized carbons (Fsp3) is 0.929. The summed E-state index contributed by atoms with van der Waals surface area (Å²) in [6, 6.07) is 1.00. The van der Waals surface area contributed by atoms with E-state index in [2.05, 4.69) is 4.90 Å². The summed E-state index contributed by atoms with van der Waals surface area (Å²) in [5.41, 5.74) is -0.367. The van der Waals surface area contributed by atoms with E-state index in [9.17, 15) is 4.79 Å². The van der Waals surface area contributed by atoms with Crippen LogP contribution >= 0.6 is 0 Å². The van der Waals surface area contributed by atoms with Crippen LogP contribution in [0.4, 0.5) is 4.79 Å². The van der Waals surface area contributed by atoms with E-state index in [-0.39, 0.29) is 11.7 Å². The number of likely N-dealkylation sites (tertiary alicyclic amines) is 1. The number of hydrogen-bond donors (Lipinski definition) is 0. The minimum Gasteiger partial charge on any atom is -0.444 e. The van der Waals surface area contributed by atoms with Crippen molar-refractivity contribution in [1.29, 1.82) is 0 Å². The van der Waals surface area contributed by atoms with Gasteiger partial charge in [-0.25, -0.2) is 4.79 Å². The quantitative estimate of drug-likeness (QED) is 0.647.